The van der Waals surface area contributed by atoms with Crippen LogP contribution in [0.3, 0.4) is 0 Å². The van der Waals surface area contributed by atoms with E-state index in [1.807, 2.05) is 13.1 Å². The van der Waals surface area contributed by atoms with Gasteiger partial charge in [-0.15, -0.1) is 24.8 Å². The molecule has 3 nitrogen and oxygen atoms in total. The third-order valence-corrected chi connectivity index (χ3v) is 2.06. The van der Waals surface area contributed by atoms with Crippen LogP contribution in [0.1, 0.15) is 12.0 Å². The number of hydrogen-bond acceptors (Lipinski definition) is 3. The fourth-order valence-corrected chi connectivity index (χ4v) is 1.18. The first kappa shape index (κ1) is 17.9. The lowest BCUT2D eigenvalue weighted by atomic mass is 10.2. The van der Waals surface area contributed by atoms with Crippen molar-refractivity contribution in [2.75, 3.05) is 19.3 Å². The summed E-state index contributed by atoms with van der Waals surface area (Å²) < 4.78 is 0. The van der Waals surface area contributed by atoms with Crippen LogP contribution in [0.2, 0.25) is 5.02 Å². The molecule has 1 rings (SSSR count). The fraction of sp³-hybridized carbons (Fsp3) is 0.300. The van der Waals surface area contributed by atoms with Gasteiger partial charge in [0.1, 0.15) is 5.82 Å². The number of anilines is 1. The van der Waals surface area contributed by atoms with Crippen LogP contribution in [0.25, 0.3) is 6.08 Å². The number of hydrogen-bond donors (Lipinski definition) is 2. The van der Waals surface area contributed by atoms with Crippen LogP contribution in [-0.2, 0) is 0 Å². The predicted octanol–water partition coefficient (Wildman–Crippen LogP) is 2.78. The van der Waals surface area contributed by atoms with Gasteiger partial charge in [-0.05, 0) is 31.6 Å². The Bertz CT molecular complexity index is 329. The number of aromatic nitrogens is 1. The SMILES string of the molecule is CNCC/C=C/c1cnc(N)c(Cl)c1.Cl.Cl. The molecular weight excluding hydrogens is 268 g/mol. The first-order valence-electron chi connectivity index (χ1n) is 4.46. The number of nitrogens with zero attached hydrogens (tertiary/aromatic N) is 1. The molecule has 0 saturated carbocycles. The van der Waals surface area contributed by atoms with Crippen LogP contribution in [0, 0.1) is 0 Å². The van der Waals surface area contributed by atoms with Crippen LogP contribution in [0.4, 0.5) is 5.82 Å². The van der Waals surface area contributed by atoms with Crippen molar-refractivity contribution >= 4 is 48.3 Å². The highest BCUT2D eigenvalue weighted by Gasteiger charge is 1.96. The summed E-state index contributed by atoms with van der Waals surface area (Å²) in [6.45, 7) is 0.965. The summed E-state index contributed by atoms with van der Waals surface area (Å²) in [5.74, 6) is 0.374. The number of pyridine rings is 1. The lowest BCUT2D eigenvalue weighted by Gasteiger charge is -1.98. The molecule has 0 aliphatic carbocycles. The summed E-state index contributed by atoms with van der Waals surface area (Å²) in [6, 6.07) is 1.81. The molecule has 0 aliphatic rings. The average molecular weight is 285 g/mol. The van der Waals surface area contributed by atoms with Crippen molar-refractivity contribution in [2.45, 2.75) is 6.42 Å². The van der Waals surface area contributed by atoms with E-state index in [-0.39, 0.29) is 24.8 Å². The van der Waals surface area contributed by atoms with E-state index in [4.69, 9.17) is 17.3 Å². The van der Waals surface area contributed by atoms with E-state index >= 15 is 0 Å². The minimum Gasteiger partial charge on any atom is -0.382 e. The third-order valence-electron chi connectivity index (χ3n) is 1.76. The number of nitrogens with two attached hydrogens (primary N) is 1. The van der Waals surface area contributed by atoms with Crippen molar-refractivity contribution in [3.05, 3.63) is 28.9 Å². The Labute approximate surface area is 113 Å². The molecule has 0 spiro atoms. The highest BCUT2D eigenvalue weighted by Crippen LogP contribution is 2.17. The molecule has 0 aliphatic heterocycles. The molecule has 1 heterocycles. The second-order valence-electron chi connectivity index (χ2n) is 2.93. The molecular formula is C10H16Cl3N3. The summed E-state index contributed by atoms with van der Waals surface area (Å²) in [7, 11) is 1.93. The predicted molar refractivity (Wildman–Crippen MR) is 75.7 cm³/mol. The highest BCUT2D eigenvalue weighted by atomic mass is 35.5. The van der Waals surface area contributed by atoms with Gasteiger partial charge in [0, 0.05) is 6.20 Å². The fourth-order valence-electron chi connectivity index (χ4n) is 1.00. The van der Waals surface area contributed by atoms with Gasteiger partial charge in [-0.1, -0.05) is 23.8 Å². The zero-order valence-electron chi connectivity index (χ0n) is 8.94. The molecule has 0 aromatic carbocycles. The maximum atomic E-state index is 5.82. The van der Waals surface area contributed by atoms with Crippen LogP contribution in [0.15, 0.2) is 18.3 Å². The molecule has 6 heteroatoms. The van der Waals surface area contributed by atoms with E-state index in [0.717, 1.165) is 18.5 Å². The summed E-state index contributed by atoms with van der Waals surface area (Å²) in [5, 5.41) is 3.56. The van der Waals surface area contributed by atoms with E-state index in [0.29, 0.717) is 10.8 Å². The van der Waals surface area contributed by atoms with E-state index in [9.17, 15) is 0 Å². The van der Waals surface area contributed by atoms with Gasteiger partial charge in [0.15, 0.2) is 0 Å². The molecule has 0 radical (unpaired) electrons. The van der Waals surface area contributed by atoms with Crippen LogP contribution in [0.5, 0.6) is 0 Å². The van der Waals surface area contributed by atoms with Gasteiger partial charge in [-0.2, -0.15) is 0 Å². The number of nitrogens with one attached hydrogen (secondary N) is 1. The van der Waals surface area contributed by atoms with Gasteiger partial charge in [0.2, 0.25) is 0 Å². The Morgan fingerprint density at radius 3 is 2.75 bits per heavy atom. The largest absolute Gasteiger partial charge is 0.382 e. The van der Waals surface area contributed by atoms with Crippen LogP contribution >= 0.6 is 36.4 Å². The molecule has 0 fully saturated rings. The second kappa shape index (κ2) is 9.73. The van der Waals surface area contributed by atoms with Gasteiger partial charge in [0.05, 0.1) is 5.02 Å². The quantitative estimate of drug-likeness (QED) is 0.836. The van der Waals surface area contributed by atoms with Gasteiger partial charge in [-0.25, -0.2) is 4.98 Å². The Morgan fingerprint density at radius 2 is 2.19 bits per heavy atom. The molecule has 16 heavy (non-hydrogen) atoms. The van der Waals surface area contributed by atoms with Crippen molar-refractivity contribution < 1.29 is 0 Å². The molecule has 1 aromatic heterocycles. The zero-order chi connectivity index (χ0) is 10.4. The van der Waals surface area contributed by atoms with Crippen molar-refractivity contribution in [2.24, 2.45) is 0 Å². The van der Waals surface area contributed by atoms with E-state index in [1.165, 1.54) is 0 Å². The number of nitrogen functional groups attached to an aromatic ring is 1. The first-order valence-corrected chi connectivity index (χ1v) is 4.84. The summed E-state index contributed by atoms with van der Waals surface area (Å²) in [6.07, 6.45) is 6.74. The highest BCUT2D eigenvalue weighted by molar-refractivity contribution is 6.32. The lowest BCUT2D eigenvalue weighted by Crippen LogP contribution is -2.05. The maximum Gasteiger partial charge on any atom is 0.142 e. The Morgan fingerprint density at radius 1 is 1.50 bits per heavy atom. The van der Waals surface area contributed by atoms with Gasteiger partial charge >= 0.3 is 0 Å². The van der Waals surface area contributed by atoms with Crippen molar-refractivity contribution in [3.8, 4) is 0 Å². The molecule has 3 N–H and O–H groups in total. The monoisotopic (exact) mass is 283 g/mol. The normalized spacial score (nSPS) is 9.62. The van der Waals surface area contributed by atoms with Crippen LogP contribution < -0.4 is 11.1 Å². The van der Waals surface area contributed by atoms with Crippen molar-refractivity contribution in [3.63, 3.8) is 0 Å². The van der Waals surface area contributed by atoms with E-state index < -0.39 is 0 Å². The standard InChI is InChI=1S/C10H14ClN3.2ClH/c1-13-5-3-2-4-8-6-9(11)10(12)14-7-8;;/h2,4,6-7,13H,3,5H2,1H3,(H2,12,14);2*1H/b4-2+;;. The topological polar surface area (TPSA) is 50.9 Å². The number of halogens is 3. The van der Waals surface area contributed by atoms with Crippen molar-refractivity contribution in [1.82, 2.24) is 10.3 Å². The molecule has 0 atom stereocenters. The number of rotatable bonds is 4. The van der Waals surface area contributed by atoms with Gasteiger partial charge in [0.25, 0.3) is 0 Å². The maximum absolute atomic E-state index is 5.82. The average Bonchev–Trinajstić information content (AvgIpc) is 2.18. The molecule has 0 bridgehead atoms. The lowest BCUT2D eigenvalue weighted by molar-refractivity contribution is 0.809. The third kappa shape index (κ3) is 6.18. The second-order valence-corrected chi connectivity index (χ2v) is 3.34. The summed E-state index contributed by atoms with van der Waals surface area (Å²) >= 11 is 5.82. The minimum atomic E-state index is 0. The molecule has 0 unspecified atom stereocenters. The smallest absolute Gasteiger partial charge is 0.142 e. The van der Waals surface area contributed by atoms with Gasteiger partial charge < -0.3 is 11.1 Å². The van der Waals surface area contributed by atoms with E-state index in [2.05, 4.69) is 16.4 Å². The van der Waals surface area contributed by atoms with Crippen molar-refractivity contribution in [1.29, 1.82) is 0 Å². The molecule has 0 saturated heterocycles. The summed E-state index contributed by atoms with van der Waals surface area (Å²) in [4.78, 5) is 3.96. The summed E-state index contributed by atoms with van der Waals surface area (Å²) in [5.41, 5.74) is 6.46. The van der Waals surface area contributed by atoms with E-state index in [1.54, 1.807) is 12.3 Å². The Kier molecular flexibility index (Phi) is 10.9. The molecule has 0 amide bonds. The van der Waals surface area contributed by atoms with Gasteiger partial charge in [-0.3, -0.25) is 0 Å². The molecule has 1 aromatic rings. The Hall–Kier alpha value is -0.480. The minimum absolute atomic E-state index is 0. The van der Waals surface area contributed by atoms with Crippen LogP contribution in [-0.4, -0.2) is 18.6 Å². The zero-order valence-corrected chi connectivity index (χ0v) is 11.3. The first-order chi connectivity index (χ1) is 6.74. The Balaban J connectivity index is 0. The molecule has 92 valence electrons.